The normalized spacial score (nSPS) is 11.6. The molecule has 1 N–H and O–H groups in total. The molecule has 2 rings (SSSR count). The second-order valence-electron chi connectivity index (χ2n) is 6.58. The van der Waals surface area contributed by atoms with Crippen molar-refractivity contribution in [2.75, 3.05) is 11.9 Å². The number of nitrogens with one attached hydrogen (secondary N) is 1. The Morgan fingerprint density at radius 2 is 1.82 bits per heavy atom. The monoisotopic (exact) mass is 403 g/mol. The smallest absolute Gasteiger partial charge is 0.338 e. The number of esters is 1. The van der Waals surface area contributed by atoms with Crippen LogP contribution < -0.4 is 10.1 Å². The Balaban J connectivity index is 1.87. The van der Waals surface area contributed by atoms with Crippen LogP contribution in [-0.4, -0.2) is 24.6 Å². The number of ether oxygens (including phenoxy) is 2. The summed E-state index contributed by atoms with van der Waals surface area (Å²) in [4.78, 5) is 24.3. The van der Waals surface area contributed by atoms with Gasteiger partial charge in [0, 0.05) is 10.7 Å². The highest BCUT2D eigenvalue weighted by Crippen LogP contribution is 2.22. The van der Waals surface area contributed by atoms with Crippen molar-refractivity contribution >= 4 is 29.2 Å². The van der Waals surface area contributed by atoms with Crippen molar-refractivity contribution < 1.29 is 19.1 Å². The topological polar surface area (TPSA) is 64.6 Å². The van der Waals surface area contributed by atoms with E-state index >= 15 is 0 Å². The molecule has 0 aliphatic rings. The van der Waals surface area contributed by atoms with E-state index in [-0.39, 0.29) is 11.9 Å². The van der Waals surface area contributed by atoms with Crippen LogP contribution in [0.25, 0.3) is 0 Å². The van der Waals surface area contributed by atoms with Crippen LogP contribution in [-0.2, 0) is 9.53 Å². The number of aryl methyl sites for hydroxylation is 1. The molecular formula is C22H26ClNO4. The minimum Gasteiger partial charge on any atom is -0.481 e. The van der Waals surface area contributed by atoms with Crippen molar-refractivity contribution in [3.63, 3.8) is 0 Å². The fraction of sp³-hybridized carbons (Fsp3) is 0.364. The lowest BCUT2D eigenvalue weighted by molar-refractivity contribution is -0.122. The summed E-state index contributed by atoms with van der Waals surface area (Å²) in [5.74, 6) is -0.0722. The van der Waals surface area contributed by atoms with Gasteiger partial charge in [0.2, 0.25) is 0 Å². The number of benzene rings is 2. The van der Waals surface area contributed by atoms with Crippen LogP contribution in [0.1, 0.15) is 49.0 Å². The zero-order valence-corrected chi connectivity index (χ0v) is 17.2. The summed E-state index contributed by atoms with van der Waals surface area (Å²) >= 11 is 6.00. The van der Waals surface area contributed by atoms with Crippen molar-refractivity contribution in [1.82, 2.24) is 0 Å². The second kappa shape index (κ2) is 10.7. The minimum absolute atomic E-state index is 0.289. The molecule has 0 aliphatic heterocycles. The van der Waals surface area contributed by atoms with Crippen molar-refractivity contribution in [1.29, 1.82) is 0 Å². The van der Waals surface area contributed by atoms with Gasteiger partial charge in [-0.05, 0) is 68.3 Å². The fourth-order valence-electron chi connectivity index (χ4n) is 2.48. The van der Waals surface area contributed by atoms with Gasteiger partial charge in [-0.2, -0.15) is 0 Å². The SMILES string of the molecule is CCCCCOC(=O)c1ccc(NC(=O)C(C)Oc2ccc(Cl)c(C)c2)cc1. The first kappa shape index (κ1) is 21.8. The van der Waals surface area contributed by atoms with Crippen molar-refractivity contribution in [2.24, 2.45) is 0 Å². The molecule has 0 aliphatic carbocycles. The summed E-state index contributed by atoms with van der Waals surface area (Å²) < 4.78 is 10.9. The van der Waals surface area contributed by atoms with Gasteiger partial charge >= 0.3 is 5.97 Å². The highest BCUT2D eigenvalue weighted by molar-refractivity contribution is 6.31. The predicted octanol–water partition coefficient (Wildman–Crippen LogP) is 5.40. The van der Waals surface area contributed by atoms with E-state index < -0.39 is 6.10 Å². The number of anilines is 1. The molecular weight excluding hydrogens is 378 g/mol. The Bertz CT molecular complexity index is 805. The Kier molecular flexibility index (Phi) is 8.33. The van der Waals surface area contributed by atoms with Gasteiger partial charge in [0.25, 0.3) is 5.91 Å². The average molecular weight is 404 g/mol. The van der Waals surface area contributed by atoms with E-state index in [2.05, 4.69) is 12.2 Å². The maximum absolute atomic E-state index is 12.3. The molecule has 0 saturated heterocycles. The second-order valence-corrected chi connectivity index (χ2v) is 6.99. The number of amides is 1. The van der Waals surface area contributed by atoms with Gasteiger partial charge in [0.15, 0.2) is 6.10 Å². The molecule has 0 radical (unpaired) electrons. The van der Waals surface area contributed by atoms with E-state index in [1.807, 2.05) is 6.92 Å². The largest absolute Gasteiger partial charge is 0.481 e. The van der Waals surface area contributed by atoms with Gasteiger partial charge in [-0.15, -0.1) is 0 Å². The summed E-state index contributed by atoms with van der Waals surface area (Å²) in [6.07, 6.45) is 2.28. The van der Waals surface area contributed by atoms with E-state index in [9.17, 15) is 9.59 Å². The third-order valence-corrected chi connectivity index (χ3v) is 4.60. The Hall–Kier alpha value is -2.53. The first-order valence-electron chi connectivity index (χ1n) is 9.41. The molecule has 28 heavy (non-hydrogen) atoms. The van der Waals surface area contributed by atoms with Crippen molar-refractivity contribution in [3.8, 4) is 5.75 Å². The van der Waals surface area contributed by atoms with E-state index in [0.717, 1.165) is 24.8 Å². The maximum atomic E-state index is 12.3. The van der Waals surface area contributed by atoms with Crippen LogP contribution in [0.2, 0.25) is 5.02 Å². The fourth-order valence-corrected chi connectivity index (χ4v) is 2.60. The van der Waals surface area contributed by atoms with Gasteiger partial charge in [0.05, 0.1) is 12.2 Å². The van der Waals surface area contributed by atoms with E-state index in [1.165, 1.54) is 0 Å². The van der Waals surface area contributed by atoms with Crippen LogP contribution in [0.3, 0.4) is 0 Å². The first-order chi connectivity index (χ1) is 13.4. The number of hydrogen-bond acceptors (Lipinski definition) is 4. The standard InChI is InChI=1S/C22H26ClNO4/c1-4-5-6-13-27-22(26)17-7-9-18(10-8-17)24-21(25)16(3)28-19-11-12-20(23)15(2)14-19/h7-12,14,16H,4-6,13H2,1-3H3,(H,24,25). The van der Waals surface area contributed by atoms with Crippen LogP contribution in [0, 0.1) is 6.92 Å². The van der Waals surface area contributed by atoms with Crippen LogP contribution in [0.15, 0.2) is 42.5 Å². The molecule has 0 heterocycles. The van der Waals surface area contributed by atoms with Crippen LogP contribution in [0.4, 0.5) is 5.69 Å². The molecule has 0 bridgehead atoms. The Morgan fingerprint density at radius 3 is 2.46 bits per heavy atom. The average Bonchev–Trinajstić information content (AvgIpc) is 2.68. The molecule has 1 atom stereocenters. The van der Waals surface area contributed by atoms with Gasteiger partial charge in [-0.25, -0.2) is 4.79 Å². The van der Waals surface area contributed by atoms with E-state index in [4.69, 9.17) is 21.1 Å². The summed E-state index contributed by atoms with van der Waals surface area (Å²) in [7, 11) is 0. The highest BCUT2D eigenvalue weighted by Gasteiger charge is 2.16. The van der Waals surface area contributed by atoms with E-state index in [1.54, 1.807) is 49.4 Å². The quantitative estimate of drug-likeness (QED) is 0.449. The molecule has 1 amide bonds. The van der Waals surface area contributed by atoms with Gasteiger partial charge in [-0.1, -0.05) is 31.4 Å². The van der Waals surface area contributed by atoms with Gasteiger partial charge in [0.1, 0.15) is 5.75 Å². The first-order valence-corrected chi connectivity index (χ1v) is 9.79. The third-order valence-electron chi connectivity index (χ3n) is 4.18. The molecule has 5 nitrogen and oxygen atoms in total. The van der Waals surface area contributed by atoms with E-state index in [0.29, 0.717) is 28.6 Å². The number of halogens is 1. The summed E-state index contributed by atoms with van der Waals surface area (Å²) in [6.45, 7) is 6.05. The summed E-state index contributed by atoms with van der Waals surface area (Å²) in [5.41, 5.74) is 1.91. The highest BCUT2D eigenvalue weighted by atomic mass is 35.5. The van der Waals surface area contributed by atoms with Crippen molar-refractivity contribution in [2.45, 2.75) is 46.1 Å². The number of carbonyl (C=O) groups is 2. The van der Waals surface area contributed by atoms with Crippen molar-refractivity contribution in [3.05, 3.63) is 58.6 Å². The minimum atomic E-state index is -0.691. The molecule has 150 valence electrons. The van der Waals surface area contributed by atoms with Crippen LogP contribution >= 0.6 is 11.6 Å². The summed E-state index contributed by atoms with van der Waals surface area (Å²) in [6, 6.07) is 11.8. The Labute approximate surface area is 171 Å². The number of carbonyl (C=O) groups excluding carboxylic acids is 2. The lowest BCUT2D eigenvalue weighted by Gasteiger charge is -2.15. The number of hydrogen-bond donors (Lipinski definition) is 1. The molecule has 6 heteroatoms. The lowest BCUT2D eigenvalue weighted by atomic mass is 10.2. The Morgan fingerprint density at radius 1 is 1.11 bits per heavy atom. The summed E-state index contributed by atoms with van der Waals surface area (Å²) in [5, 5.41) is 3.42. The zero-order chi connectivity index (χ0) is 20.5. The zero-order valence-electron chi connectivity index (χ0n) is 16.5. The molecule has 0 aromatic heterocycles. The number of unbranched alkanes of at least 4 members (excludes halogenated alkanes) is 2. The molecule has 2 aromatic carbocycles. The molecule has 1 unspecified atom stereocenters. The molecule has 0 spiro atoms. The molecule has 0 fully saturated rings. The van der Waals surface area contributed by atoms with Gasteiger partial charge < -0.3 is 14.8 Å². The van der Waals surface area contributed by atoms with Crippen LogP contribution in [0.5, 0.6) is 5.75 Å². The number of rotatable bonds is 9. The lowest BCUT2D eigenvalue weighted by Crippen LogP contribution is -2.30. The predicted molar refractivity (Wildman–Crippen MR) is 111 cm³/mol. The maximum Gasteiger partial charge on any atom is 0.338 e. The molecule has 0 saturated carbocycles. The van der Waals surface area contributed by atoms with Gasteiger partial charge in [-0.3, -0.25) is 4.79 Å². The third kappa shape index (κ3) is 6.57. The molecule has 2 aromatic rings.